The summed E-state index contributed by atoms with van der Waals surface area (Å²) in [6.45, 7) is 2.23. The molecule has 0 unspecified atom stereocenters. The molecular weight excluding hydrogens is 308 g/mol. The van der Waals surface area contributed by atoms with Crippen LogP contribution in [0.3, 0.4) is 0 Å². The molecule has 8 heteroatoms. The lowest BCUT2D eigenvalue weighted by Gasteiger charge is -2.08. The predicted molar refractivity (Wildman–Crippen MR) is 78.0 cm³/mol. The highest BCUT2D eigenvalue weighted by molar-refractivity contribution is 5.89. The summed E-state index contributed by atoms with van der Waals surface area (Å²) in [6.07, 6.45) is 1.57. The normalized spacial score (nSPS) is 9.87. The monoisotopic (exact) mass is 328 g/mol. The third kappa shape index (κ3) is 6.43. The van der Waals surface area contributed by atoms with Crippen molar-refractivity contribution >= 4 is 12.1 Å². The third-order valence-corrected chi connectivity index (χ3v) is 2.80. The quantitative estimate of drug-likeness (QED) is 0.296. The van der Waals surface area contributed by atoms with Crippen LogP contribution in [0.4, 0.5) is 4.79 Å². The van der Waals surface area contributed by atoms with E-state index in [4.69, 9.17) is 9.47 Å². The number of methoxy groups -OCH3 is 2. The van der Waals surface area contributed by atoms with Gasteiger partial charge in [0.05, 0.1) is 31.4 Å². The molecule has 0 spiro atoms. The van der Waals surface area contributed by atoms with Crippen molar-refractivity contribution in [2.24, 2.45) is 0 Å². The first-order valence-corrected chi connectivity index (χ1v) is 7.06. The number of benzene rings is 1. The Balaban J connectivity index is 2.38. The molecular formula is C15H20O8. The molecule has 1 aromatic rings. The molecule has 0 heterocycles. The Labute approximate surface area is 134 Å². The molecule has 128 valence electrons. The SMILES string of the molecule is CCCCCOC(=O)OOOC(=O)c1ccc(OC)c(OC)c1. The first-order chi connectivity index (χ1) is 11.1. The fraction of sp³-hybridized carbons (Fsp3) is 0.467. The molecule has 0 amide bonds. The largest absolute Gasteiger partial charge is 0.543 e. The van der Waals surface area contributed by atoms with Crippen LogP contribution in [0, 0.1) is 0 Å². The van der Waals surface area contributed by atoms with Crippen LogP contribution >= 0.6 is 0 Å². The number of hydrogen-bond donors (Lipinski definition) is 0. The minimum absolute atomic E-state index is 0.127. The summed E-state index contributed by atoms with van der Waals surface area (Å²) >= 11 is 0. The lowest BCUT2D eigenvalue weighted by Crippen LogP contribution is -2.12. The zero-order valence-electron chi connectivity index (χ0n) is 13.3. The molecule has 0 fully saturated rings. The minimum Gasteiger partial charge on any atom is -0.493 e. The van der Waals surface area contributed by atoms with Crippen LogP contribution in [0.15, 0.2) is 18.2 Å². The summed E-state index contributed by atoms with van der Waals surface area (Å²) in [5.74, 6) is -0.0696. The van der Waals surface area contributed by atoms with E-state index >= 15 is 0 Å². The third-order valence-electron chi connectivity index (χ3n) is 2.80. The summed E-state index contributed by atoms with van der Waals surface area (Å²) in [6, 6.07) is 4.36. The van der Waals surface area contributed by atoms with Gasteiger partial charge in [0, 0.05) is 0 Å². The standard InChI is InChI=1S/C15H20O8/c1-4-5-6-9-20-15(17)22-23-21-14(16)11-7-8-12(18-2)13(10-11)19-3/h7-8,10H,4-6,9H2,1-3H3. The number of carbonyl (C=O) groups is 2. The molecule has 0 saturated heterocycles. The number of carbonyl (C=O) groups excluding carboxylic acids is 2. The molecule has 0 aromatic heterocycles. The lowest BCUT2D eigenvalue weighted by atomic mass is 10.2. The summed E-state index contributed by atoms with van der Waals surface area (Å²) < 4.78 is 14.8. The fourth-order valence-electron chi connectivity index (χ4n) is 1.62. The lowest BCUT2D eigenvalue weighted by molar-refractivity contribution is -0.452. The highest BCUT2D eigenvalue weighted by atomic mass is 17.5. The highest BCUT2D eigenvalue weighted by Gasteiger charge is 2.15. The Hall–Kier alpha value is -2.48. The Morgan fingerprint density at radius 1 is 1.00 bits per heavy atom. The topological polar surface area (TPSA) is 89.5 Å². The molecule has 0 saturated carbocycles. The molecule has 0 radical (unpaired) electrons. The van der Waals surface area contributed by atoms with E-state index in [1.807, 2.05) is 6.92 Å². The zero-order valence-corrected chi connectivity index (χ0v) is 13.3. The molecule has 1 rings (SSSR count). The zero-order chi connectivity index (χ0) is 17.1. The minimum atomic E-state index is -1.08. The molecule has 8 nitrogen and oxygen atoms in total. The van der Waals surface area contributed by atoms with Crippen molar-refractivity contribution in [3.63, 3.8) is 0 Å². The second kappa shape index (κ2) is 10.3. The summed E-state index contributed by atoms with van der Waals surface area (Å²) in [7, 11) is 2.90. The van der Waals surface area contributed by atoms with Gasteiger partial charge in [-0.05, 0) is 24.6 Å². The molecule has 0 atom stereocenters. The Kier molecular flexibility index (Phi) is 8.30. The smallest absolute Gasteiger partial charge is 0.493 e. The molecule has 1 aromatic carbocycles. The highest BCUT2D eigenvalue weighted by Crippen LogP contribution is 2.27. The molecule has 0 aliphatic carbocycles. The Morgan fingerprint density at radius 3 is 2.39 bits per heavy atom. The van der Waals surface area contributed by atoms with Gasteiger partial charge >= 0.3 is 12.1 Å². The van der Waals surface area contributed by atoms with Crippen LogP contribution in [-0.4, -0.2) is 33.0 Å². The van der Waals surface area contributed by atoms with E-state index in [2.05, 4.69) is 19.6 Å². The summed E-state index contributed by atoms with van der Waals surface area (Å²) in [5.41, 5.74) is 0.127. The van der Waals surface area contributed by atoms with Crippen molar-refractivity contribution in [1.82, 2.24) is 0 Å². The Bertz CT molecular complexity index is 514. The van der Waals surface area contributed by atoms with E-state index in [1.165, 1.54) is 32.4 Å². The van der Waals surface area contributed by atoms with Gasteiger partial charge in [-0.2, -0.15) is 0 Å². The van der Waals surface area contributed by atoms with Gasteiger partial charge in [-0.3, -0.25) is 4.89 Å². The number of unbranched alkanes of at least 4 members (excludes halogenated alkanes) is 2. The van der Waals surface area contributed by atoms with Gasteiger partial charge in [0.2, 0.25) is 0 Å². The van der Waals surface area contributed by atoms with E-state index in [9.17, 15) is 9.59 Å². The number of ether oxygens (including phenoxy) is 3. The Morgan fingerprint density at radius 2 is 1.74 bits per heavy atom. The van der Waals surface area contributed by atoms with Gasteiger partial charge in [0.25, 0.3) is 0 Å². The van der Waals surface area contributed by atoms with Gasteiger partial charge < -0.3 is 14.2 Å². The molecule has 0 aliphatic heterocycles. The van der Waals surface area contributed by atoms with Gasteiger partial charge in [-0.25, -0.2) is 14.5 Å². The van der Waals surface area contributed by atoms with Gasteiger partial charge in [0.1, 0.15) is 0 Å². The number of hydrogen-bond acceptors (Lipinski definition) is 8. The molecule has 0 aliphatic rings. The average Bonchev–Trinajstić information content (AvgIpc) is 2.57. The van der Waals surface area contributed by atoms with Crippen LogP contribution < -0.4 is 9.47 Å². The second-order valence-electron chi connectivity index (χ2n) is 4.40. The van der Waals surface area contributed by atoms with Crippen LogP contribution in [0.5, 0.6) is 11.5 Å². The van der Waals surface area contributed by atoms with E-state index in [-0.39, 0.29) is 12.2 Å². The van der Waals surface area contributed by atoms with Crippen LogP contribution in [0.25, 0.3) is 0 Å². The average molecular weight is 328 g/mol. The maximum Gasteiger partial charge on any atom is 0.543 e. The molecule has 23 heavy (non-hydrogen) atoms. The first kappa shape index (κ1) is 18.6. The van der Waals surface area contributed by atoms with Crippen molar-refractivity contribution in [3.05, 3.63) is 23.8 Å². The summed E-state index contributed by atoms with van der Waals surface area (Å²) in [5, 5.41) is 4.10. The van der Waals surface area contributed by atoms with E-state index < -0.39 is 12.1 Å². The van der Waals surface area contributed by atoms with E-state index in [0.717, 1.165) is 19.3 Å². The van der Waals surface area contributed by atoms with E-state index in [0.29, 0.717) is 11.5 Å². The molecule has 0 bridgehead atoms. The van der Waals surface area contributed by atoms with Crippen LogP contribution in [0.2, 0.25) is 0 Å². The van der Waals surface area contributed by atoms with Crippen molar-refractivity contribution in [2.75, 3.05) is 20.8 Å². The summed E-state index contributed by atoms with van der Waals surface area (Å²) in [4.78, 5) is 31.3. The van der Waals surface area contributed by atoms with Gasteiger partial charge in [0.15, 0.2) is 11.5 Å². The molecule has 0 N–H and O–H groups in total. The van der Waals surface area contributed by atoms with Crippen LogP contribution in [-0.2, 0) is 19.6 Å². The van der Waals surface area contributed by atoms with Crippen molar-refractivity contribution < 1.29 is 38.6 Å². The van der Waals surface area contributed by atoms with Crippen LogP contribution in [0.1, 0.15) is 36.5 Å². The maximum atomic E-state index is 11.7. The first-order valence-electron chi connectivity index (χ1n) is 7.06. The fourth-order valence-corrected chi connectivity index (χ4v) is 1.62. The predicted octanol–water partition coefficient (Wildman–Crippen LogP) is 3.05. The van der Waals surface area contributed by atoms with Gasteiger partial charge in [-0.15, -0.1) is 0 Å². The van der Waals surface area contributed by atoms with Gasteiger partial charge in [-0.1, -0.05) is 19.8 Å². The van der Waals surface area contributed by atoms with Crippen molar-refractivity contribution in [2.45, 2.75) is 26.2 Å². The number of rotatable bonds is 9. The van der Waals surface area contributed by atoms with E-state index in [1.54, 1.807) is 0 Å². The van der Waals surface area contributed by atoms with Crippen molar-refractivity contribution in [1.29, 1.82) is 0 Å². The second-order valence-corrected chi connectivity index (χ2v) is 4.40. The van der Waals surface area contributed by atoms with Crippen molar-refractivity contribution in [3.8, 4) is 11.5 Å². The maximum absolute atomic E-state index is 11.7.